The maximum Gasteiger partial charge on any atom is 0.259 e. The number of amides is 2. The maximum atomic E-state index is 14.1. The van der Waals surface area contributed by atoms with E-state index < -0.39 is 6.10 Å². The van der Waals surface area contributed by atoms with Crippen LogP contribution < -0.4 is 10.6 Å². The summed E-state index contributed by atoms with van der Waals surface area (Å²) in [6, 6.07) is 3.54. The van der Waals surface area contributed by atoms with E-state index in [1.807, 2.05) is 37.8 Å². The van der Waals surface area contributed by atoms with E-state index in [0.717, 1.165) is 5.76 Å². The van der Waals surface area contributed by atoms with Crippen LogP contribution in [0.25, 0.3) is 0 Å². The second kappa shape index (κ2) is 11.2. The molecule has 2 saturated heterocycles. The molecule has 0 saturated carbocycles. The van der Waals surface area contributed by atoms with E-state index in [9.17, 15) is 14.7 Å². The zero-order valence-electron chi connectivity index (χ0n) is 22.5. The molecule has 2 aliphatic heterocycles. The van der Waals surface area contributed by atoms with Crippen molar-refractivity contribution in [3.05, 3.63) is 41.7 Å². The smallest absolute Gasteiger partial charge is 0.259 e. The number of likely N-dealkylation sites (tertiary alicyclic amines) is 1. The van der Waals surface area contributed by atoms with Crippen LogP contribution in [0.1, 0.15) is 63.0 Å². The topological polar surface area (TPSA) is 124 Å². The highest BCUT2D eigenvalue weighted by Crippen LogP contribution is 2.27. The molecule has 2 atom stereocenters. The van der Waals surface area contributed by atoms with Gasteiger partial charge in [0.15, 0.2) is 0 Å². The summed E-state index contributed by atoms with van der Waals surface area (Å²) in [4.78, 5) is 39.9. The van der Waals surface area contributed by atoms with E-state index in [4.69, 9.17) is 9.40 Å². The average Bonchev–Trinajstić information content (AvgIpc) is 3.36. The van der Waals surface area contributed by atoms with Gasteiger partial charge in [-0.3, -0.25) is 9.59 Å². The van der Waals surface area contributed by atoms with Gasteiger partial charge in [0.05, 0.1) is 24.8 Å². The molecule has 37 heavy (non-hydrogen) atoms. The molecule has 4 rings (SSSR count). The molecular formula is C27H40N6O4. The Labute approximate surface area is 218 Å². The quantitative estimate of drug-likeness (QED) is 0.492. The standard InChI is InChI=1S/C27H40N6O4/c1-17(2)14-33(19-9-18(10-28-11-19)24(35)32-15-20(34)16-32)25(36)22-13-30-26(27(3,4)5)31-23(22)29-12-21-7-6-8-37-21/h6-8,13,17-20,28,34H,9-12,14-16H2,1-5H3,(H,29,30,31)/t18-,19?/m1/s1. The molecule has 0 aromatic carbocycles. The van der Waals surface area contributed by atoms with Crippen LogP contribution in [-0.4, -0.2) is 81.6 Å². The predicted octanol–water partition coefficient (Wildman–Crippen LogP) is 2.26. The minimum Gasteiger partial charge on any atom is -0.467 e. The molecule has 10 nitrogen and oxygen atoms in total. The Balaban J connectivity index is 1.59. The van der Waals surface area contributed by atoms with E-state index in [-0.39, 0.29) is 35.1 Å². The first-order valence-corrected chi connectivity index (χ1v) is 13.1. The van der Waals surface area contributed by atoms with Gasteiger partial charge < -0.3 is 30.0 Å². The molecule has 4 heterocycles. The zero-order valence-corrected chi connectivity index (χ0v) is 22.5. The van der Waals surface area contributed by atoms with Crippen LogP contribution in [0.15, 0.2) is 29.0 Å². The van der Waals surface area contributed by atoms with E-state index >= 15 is 0 Å². The average molecular weight is 513 g/mol. The van der Waals surface area contributed by atoms with Gasteiger partial charge in [0.2, 0.25) is 5.91 Å². The number of nitrogens with zero attached hydrogens (tertiary/aromatic N) is 4. The van der Waals surface area contributed by atoms with Gasteiger partial charge in [-0.25, -0.2) is 9.97 Å². The highest BCUT2D eigenvalue weighted by Gasteiger charge is 2.39. The molecule has 0 aliphatic carbocycles. The number of hydrogen-bond acceptors (Lipinski definition) is 8. The number of aliphatic hydroxyl groups is 1. The van der Waals surface area contributed by atoms with Crippen molar-refractivity contribution in [2.75, 3.05) is 38.0 Å². The molecule has 0 bridgehead atoms. The molecule has 0 spiro atoms. The molecule has 0 radical (unpaired) electrons. The Bertz CT molecular complexity index is 1080. The van der Waals surface area contributed by atoms with Gasteiger partial charge in [-0.1, -0.05) is 34.6 Å². The molecule has 10 heteroatoms. The van der Waals surface area contributed by atoms with E-state index in [2.05, 4.69) is 29.5 Å². The first-order valence-electron chi connectivity index (χ1n) is 13.1. The number of rotatable bonds is 8. The number of nitrogens with one attached hydrogen (secondary N) is 2. The summed E-state index contributed by atoms with van der Waals surface area (Å²) in [6.07, 6.45) is 3.38. The van der Waals surface area contributed by atoms with E-state index in [1.54, 1.807) is 17.4 Å². The highest BCUT2D eigenvalue weighted by molar-refractivity contribution is 5.98. The lowest BCUT2D eigenvalue weighted by molar-refractivity contribution is -0.146. The summed E-state index contributed by atoms with van der Waals surface area (Å²) >= 11 is 0. The number of β-amino-alcohol motifs (C(OH)–C–C–N with tert-alkyl or cyclic N) is 1. The van der Waals surface area contributed by atoms with Crippen molar-refractivity contribution in [1.29, 1.82) is 0 Å². The minimum atomic E-state index is -0.432. The normalized spacial score (nSPS) is 20.6. The van der Waals surface area contributed by atoms with Crippen molar-refractivity contribution in [3.63, 3.8) is 0 Å². The lowest BCUT2D eigenvalue weighted by Crippen LogP contribution is -2.59. The summed E-state index contributed by atoms with van der Waals surface area (Å²) in [5.41, 5.74) is 0.116. The number of carbonyl (C=O) groups is 2. The molecular weight excluding hydrogens is 472 g/mol. The number of carbonyl (C=O) groups excluding carboxylic acids is 2. The van der Waals surface area contributed by atoms with Crippen LogP contribution >= 0.6 is 0 Å². The van der Waals surface area contributed by atoms with Gasteiger partial charge in [0.25, 0.3) is 5.91 Å². The fourth-order valence-electron chi connectivity index (χ4n) is 4.80. The summed E-state index contributed by atoms with van der Waals surface area (Å²) in [5, 5.41) is 16.3. The van der Waals surface area contributed by atoms with Crippen molar-refractivity contribution in [1.82, 2.24) is 25.1 Å². The van der Waals surface area contributed by atoms with Gasteiger partial charge in [-0.15, -0.1) is 0 Å². The van der Waals surface area contributed by atoms with E-state index in [1.165, 1.54) is 0 Å². The van der Waals surface area contributed by atoms with Gasteiger partial charge in [0, 0.05) is 50.4 Å². The summed E-state index contributed by atoms with van der Waals surface area (Å²) in [6.45, 7) is 13.2. The third-order valence-electron chi connectivity index (χ3n) is 6.81. The summed E-state index contributed by atoms with van der Waals surface area (Å²) < 4.78 is 5.46. The molecule has 2 aliphatic rings. The Morgan fingerprint density at radius 1 is 1.30 bits per heavy atom. The molecule has 2 aromatic heterocycles. The van der Waals surface area contributed by atoms with Crippen molar-refractivity contribution in [2.24, 2.45) is 11.8 Å². The van der Waals surface area contributed by atoms with Crippen LogP contribution in [-0.2, 0) is 16.8 Å². The monoisotopic (exact) mass is 512 g/mol. The zero-order chi connectivity index (χ0) is 26.7. The highest BCUT2D eigenvalue weighted by atomic mass is 16.3. The van der Waals surface area contributed by atoms with Gasteiger partial charge in [-0.2, -0.15) is 0 Å². The van der Waals surface area contributed by atoms with E-state index in [0.29, 0.717) is 62.9 Å². The second-order valence-electron chi connectivity index (χ2n) is 11.6. The minimum absolute atomic E-state index is 0.0399. The van der Waals surface area contributed by atoms with Gasteiger partial charge >= 0.3 is 0 Å². The van der Waals surface area contributed by atoms with Crippen molar-refractivity contribution in [3.8, 4) is 0 Å². The fourth-order valence-corrected chi connectivity index (χ4v) is 4.80. The Hall–Kier alpha value is -2.98. The number of furan rings is 1. The second-order valence-corrected chi connectivity index (χ2v) is 11.6. The van der Waals surface area contributed by atoms with Gasteiger partial charge in [-0.05, 0) is 24.5 Å². The maximum absolute atomic E-state index is 14.1. The first kappa shape index (κ1) is 27.1. The number of aliphatic hydroxyl groups excluding tert-OH is 1. The van der Waals surface area contributed by atoms with Gasteiger partial charge in [0.1, 0.15) is 23.0 Å². The molecule has 2 amide bonds. The fraction of sp³-hybridized carbons (Fsp3) is 0.630. The van der Waals surface area contributed by atoms with Crippen molar-refractivity contribution < 1.29 is 19.1 Å². The lowest BCUT2D eigenvalue weighted by atomic mass is 9.91. The molecule has 202 valence electrons. The van der Waals surface area contributed by atoms with Crippen LogP contribution in [0, 0.1) is 11.8 Å². The first-order chi connectivity index (χ1) is 17.5. The molecule has 2 fully saturated rings. The third kappa shape index (κ3) is 6.48. The number of hydrogen-bond donors (Lipinski definition) is 3. The Morgan fingerprint density at radius 3 is 2.68 bits per heavy atom. The Kier molecular flexibility index (Phi) is 8.18. The number of aromatic nitrogens is 2. The molecule has 3 N–H and O–H groups in total. The summed E-state index contributed by atoms with van der Waals surface area (Å²) in [7, 11) is 0. The number of piperidine rings is 1. The molecule has 2 aromatic rings. The van der Waals surface area contributed by atoms with Crippen molar-refractivity contribution in [2.45, 2.75) is 65.1 Å². The van der Waals surface area contributed by atoms with Crippen LogP contribution in [0.4, 0.5) is 5.82 Å². The van der Waals surface area contributed by atoms with Crippen LogP contribution in [0.2, 0.25) is 0 Å². The molecule has 1 unspecified atom stereocenters. The SMILES string of the molecule is CC(C)CN(C(=O)c1cnc(C(C)(C)C)nc1NCc1ccco1)C1CNC[C@H](C(=O)N2CC(O)C2)C1. The van der Waals surface area contributed by atoms with Crippen LogP contribution in [0.3, 0.4) is 0 Å². The van der Waals surface area contributed by atoms with Crippen LogP contribution in [0.5, 0.6) is 0 Å². The predicted molar refractivity (Wildman–Crippen MR) is 140 cm³/mol. The largest absolute Gasteiger partial charge is 0.467 e. The lowest BCUT2D eigenvalue weighted by Gasteiger charge is -2.42. The third-order valence-corrected chi connectivity index (χ3v) is 6.81. The Morgan fingerprint density at radius 2 is 2.05 bits per heavy atom. The van der Waals surface area contributed by atoms with Crippen molar-refractivity contribution >= 4 is 17.6 Å². The summed E-state index contributed by atoms with van der Waals surface area (Å²) in [5.74, 6) is 1.74. The number of anilines is 1.